The molecule has 0 saturated carbocycles. The number of carbonyl (C=O) groups is 1. The number of carbonyl (C=O) groups excluding carboxylic acids is 1. The van der Waals surface area contributed by atoms with Crippen LogP contribution in [0.3, 0.4) is 0 Å². The Morgan fingerprint density at radius 1 is 1.25 bits per heavy atom. The number of pyridine rings is 1. The first-order chi connectivity index (χ1) is 9.69. The Morgan fingerprint density at radius 3 is 2.60 bits per heavy atom. The van der Waals surface area contributed by atoms with E-state index in [0.29, 0.717) is 12.0 Å². The van der Waals surface area contributed by atoms with Crippen LogP contribution in [-0.4, -0.2) is 28.6 Å². The summed E-state index contributed by atoms with van der Waals surface area (Å²) in [4.78, 5) is 16.1. The van der Waals surface area contributed by atoms with Crippen molar-refractivity contribution in [1.29, 1.82) is 0 Å². The molecule has 1 aromatic carbocycles. The van der Waals surface area contributed by atoms with Crippen molar-refractivity contribution in [3.05, 3.63) is 65.5 Å². The summed E-state index contributed by atoms with van der Waals surface area (Å²) in [6.07, 6.45) is 2.14. The molecule has 104 valence electrons. The molecule has 0 aliphatic rings. The lowest BCUT2D eigenvalue weighted by Crippen LogP contribution is -2.39. The van der Waals surface area contributed by atoms with Crippen LogP contribution < -0.4 is 5.32 Å². The van der Waals surface area contributed by atoms with E-state index in [1.165, 1.54) is 0 Å². The summed E-state index contributed by atoms with van der Waals surface area (Å²) in [5.41, 5.74) is 2.44. The van der Waals surface area contributed by atoms with Crippen molar-refractivity contribution in [3.8, 4) is 0 Å². The number of nitrogens with zero attached hydrogens (tertiary/aromatic N) is 1. The zero-order chi connectivity index (χ0) is 14.4. The minimum Gasteiger partial charge on any atom is -0.394 e. The highest BCUT2D eigenvalue weighted by atomic mass is 16.3. The van der Waals surface area contributed by atoms with Crippen molar-refractivity contribution in [2.75, 3.05) is 6.61 Å². The first-order valence-electron chi connectivity index (χ1n) is 6.57. The first-order valence-corrected chi connectivity index (χ1v) is 6.57. The van der Waals surface area contributed by atoms with E-state index in [-0.39, 0.29) is 18.6 Å². The Hall–Kier alpha value is -2.20. The lowest BCUT2D eigenvalue weighted by atomic mass is 10.1. The number of benzene rings is 1. The van der Waals surface area contributed by atoms with Gasteiger partial charge in [-0.05, 0) is 31.0 Å². The van der Waals surface area contributed by atoms with Gasteiger partial charge in [-0.3, -0.25) is 9.78 Å². The molecule has 2 N–H and O–H groups in total. The Labute approximate surface area is 118 Å². The van der Waals surface area contributed by atoms with Crippen LogP contribution >= 0.6 is 0 Å². The van der Waals surface area contributed by atoms with Gasteiger partial charge in [0.2, 0.25) is 0 Å². The number of aliphatic hydroxyl groups is 1. The molecule has 0 radical (unpaired) electrons. The molecule has 1 amide bonds. The number of amides is 1. The van der Waals surface area contributed by atoms with E-state index in [1.54, 1.807) is 18.3 Å². The van der Waals surface area contributed by atoms with Crippen LogP contribution in [0.1, 0.15) is 21.6 Å². The van der Waals surface area contributed by atoms with E-state index in [1.807, 2.05) is 37.3 Å². The number of aromatic nitrogens is 1. The molecule has 0 aliphatic heterocycles. The molecule has 4 heteroatoms. The van der Waals surface area contributed by atoms with Crippen LogP contribution in [0.15, 0.2) is 48.7 Å². The van der Waals surface area contributed by atoms with Gasteiger partial charge < -0.3 is 10.4 Å². The van der Waals surface area contributed by atoms with Crippen molar-refractivity contribution < 1.29 is 9.90 Å². The third kappa shape index (κ3) is 3.90. The van der Waals surface area contributed by atoms with Gasteiger partial charge >= 0.3 is 0 Å². The normalized spacial score (nSPS) is 11.9. The summed E-state index contributed by atoms with van der Waals surface area (Å²) in [5.74, 6) is -0.215. The van der Waals surface area contributed by atoms with Gasteiger partial charge in [-0.2, -0.15) is 0 Å². The van der Waals surface area contributed by atoms with Crippen molar-refractivity contribution in [3.63, 3.8) is 0 Å². The molecule has 2 aromatic rings. The zero-order valence-corrected chi connectivity index (χ0v) is 11.4. The van der Waals surface area contributed by atoms with Crippen LogP contribution in [0.25, 0.3) is 0 Å². The molecule has 0 bridgehead atoms. The van der Waals surface area contributed by atoms with E-state index in [0.717, 1.165) is 11.3 Å². The Morgan fingerprint density at radius 2 is 2.00 bits per heavy atom. The summed E-state index contributed by atoms with van der Waals surface area (Å²) < 4.78 is 0. The van der Waals surface area contributed by atoms with E-state index < -0.39 is 0 Å². The number of rotatable bonds is 5. The topological polar surface area (TPSA) is 62.2 Å². The van der Waals surface area contributed by atoms with Crippen molar-refractivity contribution in [2.45, 2.75) is 19.4 Å². The van der Waals surface area contributed by atoms with Crippen molar-refractivity contribution in [1.82, 2.24) is 10.3 Å². The fourth-order valence-corrected chi connectivity index (χ4v) is 1.93. The SMILES string of the molecule is Cc1ccc(C(=O)N[C@H](CO)Cc2ccccc2)cn1. The Bertz CT molecular complexity index is 552. The number of aliphatic hydroxyl groups excluding tert-OH is 1. The average Bonchev–Trinajstić information content (AvgIpc) is 2.48. The minimum atomic E-state index is -0.300. The van der Waals surface area contributed by atoms with Gasteiger partial charge in [0, 0.05) is 11.9 Å². The first kappa shape index (κ1) is 14.2. The summed E-state index contributed by atoms with van der Waals surface area (Å²) in [6.45, 7) is 1.77. The third-order valence-corrected chi connectivity index (χ3v) is 3.05. The lowest BCUT2D eigenvalue weighted by Gasteiger charge is -2.16. The second-order valence-corrected chi connectivity index (χ2v) is 4.73. The van der Waals surface area contributed by atoms with Crippen LogP contribution in [0.4, 0.5) is 0 Å². The molecule has 20 heavy (non-hydrogen) atoms. The number of hydrogen-bond donors (Lipinski definition) is 2. The molecule has 1 heterocycles. The maximum absolute atomic E-state index is 12.1. The Balaban J connectivity index is 1.99. The molecule has 1 aromatic heterocycles. The molecule has 0 unspecified atom stereocenters. The minimum absolute atomic E-state index is 0.0973. The van der Waals surface area contributed by atoms with E-state index in [4.69, 9.17) is 0 Å². The number of nitrogens with one attached hydrogen (secondary N) is 1. The van der Waals surface area contributed by atoms with Gasteiger partial charge in [-0.15, -0.1) is 0 Å². The molecule has 2 rings (SSSR count). The maximum atomic E-state index is 12.1. The fourth-order valence-electron chi connectivity index (χ4n) is 1.93. The second-order valence-electron chi connectivity index (χ2n) is 4.73. The second kappa shape index (κ2) is 6.82. The lowest BCUT2D eigenvalue weighted by molar-refractivity contribution is 0.0916. The summed E-state index contributed by atoms with van der Waals surface area (Å²) in [6, 6.07) is 13.0. The molecular formula is C16H18N2O2. The molecule has 0 aliphatic carbocycles. The van der Waals surface area contributed by atoms with Gasteiger partial charge in [0.1, 0.15) is 0 Å². The van der Waals surface area contributed by atoms with Gasteiger partial charge in [-0.1, -0.05) is 30.3 Å². The van der Waals surface area contributed by atoms with Crippen LogP contribution in [0.2, 0.25) is 0 Å². The summed E-state index contributed by atoms with van der Waals surface area (Å²) in [5, 5.41) is 12.2. The summed E-state index contributed by atoms with van der Waals surface area (Å²) in [7, 11) is 0. The van der Waals surface area contributed by atoms with Crippen LogP contribution in [0.5, 0.6) is 0 Å². The molecule has 0 fully saturated rings. The van der Waals surface area contributed by atoms with E-state index in [2.05, 4.69) is 10.3 Å². The van der Waals surface area contributed by atoms with Crippen LogP contribution in [-0.2, 0) is 6.42 Å². The third-order valence-electron chi connectivity index (χ3n) is 3.05. The maximum Gasteiger partial charge on any atom is 0.253 e. The molecule has 0 saturated heterocycles. The average molecular weight is 270 g/mol. The number of hydrogen-bond acceptors (Lipinski definition) is 3. The molecule has 4 nitrogen and oxygen atoms in total. The highest BCUT2D eigenvalue weighted by Gasteiger charge is 2.13. The van der Waals surface area contributed by atoms with E-state index >= 15 is 0 Å². The van der Waals surface area contributed by atoms with Gasteiger partial charge in [0.05, 0.1) is 18.2 Å². The van der Waals surface area contributed by atoms with Gasteiger partial charge in [0.25, 0.3) is 5.91 Å². The van der Waals surface area contributed by atoms with Gasteiger partial charge in [-0.25, -0.2) is 0 Å². The predicted molar refractivity (Wildman–Crippen MR) is 77.5 cm³/mol. The smallest absolute Gasteiger partial charge is 0.253 e. The standard InChI is InChI=1S/C16H18N2O2/c1-12-7-8-14(10-17-12)16(20)18-15(11-19)9-13-5-3-2-4-6-13/h2-8,10,15,19H,9,11H2,1H3,(H,18,20)/t15-/m0/s1. The highest BCUT2D eigenvalue weighted by Crippen LogP contribution is 2.05. The zero-order valence-electron chi connectivity index (χ0n) is 11.4. The monoisotopic (exact) mass is 270 g/mol. The molecular weight excluding hydrogens is 252 g/mol. The van der Waals surface area contributed by atoms with Crippen LogP contribution in [0, 0.1) is 6.92 Å². The largest absolute Gasteiger partial charge is 0.394 e. The molecule has 1 atom stereocenters. The summed E-state index contributed by atoms with van der Waals surface area (Å²) >= 11 is 0. The van der Waals surface area contributed by atoms with E-state index in [9.17, 15) is 9.90 Å². The molecule has 0 spiro atoms. The fraction of sp³-hybridized carbons (Fsp3) is 0.250. The van der Waals surface area contributed by atoms with Gasteiger partial charge in [0.15, 0.2) is 0 Å². The predicted octanol–water partition coefficient (Wildman–Crippen LogP) is 1.72. The number of aryl methyl sites for hydroxylation is 1. The highest BCUT2D eigenvalue weighted by molar-refractivity contribution is 5.94. The van der Waals surface area contributed by atoms with Crippen molar-refractivity contribution in [2.24, 2.45) is 0 Å². The Kier molecular flexibility index (Phi) is 4.85. The quantitative estimate of drug-likeness (QED) is 0.869. The van der Waals surface area contributed by atoms with Crippen molar-refractivity contribution >= 4 is 5.91 Å².